The monoisotopic (exact) mass is 315 g/mol. The molecule has 2 rings (SSSR count). The summed E-state index contributed by atoms with van der Waals surface area (Å²) in [6, 6.07) is 3.55. The highest BCUT2D eigenvalue weighted by Gasteiger charge is 2.34. The van der Waals surface area contributed by atoms with Gasteiger partial charge in [-0.15, -0.1) is 0 Å². The molecule has 1 heterocycles. The van der Waals surface area contributed by atoms with Gasteiger partial charge in [-0.25, -0.2) is 8.42 Å². The summed E-state index contributed by atoms with van der Waals surface area (Å²) in [5, 5.41) is 20.1. The zero-order valence-electron chi connectivity index (χ0n) is 11.3. The number of aliphatic hydroxyl groups excluding tert-OH is 1. The Hall–Kier alpha value is -1.71. The Morgan fingerprint density at radius 1 is 1.38 bits per heavy atom. The lowest BCUT2D eigenvalue weighted by atomic mass is 10.00. The van der Waals surface area contributed by atoms with E-state index in [1.54, 1.807) is 0 Å². The Kier molecular flexibility index (Phi) is 4.45. The molecule has 9 heteroatoms. The van der Waals surface area contributed by atoms with E-state index in [-0.39, 0.29) is 36.2 Å². The van der Waals surface area contributed by atoms with Gasteiger partial charge in [0.1, 0.15) is 0 Å². The highest BCUT2D eigenvalue weighted by Crippen LogP contribution is 2.30. The van der Waals surface area contributed by atoms with Crippen molar-refractivity contribution in [1.29, 1.82) is 0 Å². The summed E-state index contributed by atoms with van der Waals surface area (Å²) >= 11 is 0. The van der Waals surface area contributed by atoms with Crippen LogP contribution in [0.25, 0.3) is 0 Å². The summed E-state index contributed by atoms with van der Waals surface area (Å²) in [4.78, 5) is 9.95. The van der Waals surface area contributed by atoms with Crippen molar-refractivity contribution in [2.24, 2.45) is 5.92 Å². The van der Waals surface area contributed by atoms with Gasteiger partial charge in [-0.2, -0.15) is 4.31 Å². The van der Waals surface area contributed by atoms with Crippen LogP contribution in [0.4, 0.5) is 11.4 Å². The first-order chi connectivity index (χ1) is 9.86. The second kappa shape index (κ2) is 5.96. The third-order valence-corrected chi connectivity index (χ3v) is 5.58. The van der Waals surface area contributed by atoms with Gasteiger partial charge in [-0.3, -0.25) is 10.1 Å². The number of nitro benzene ring substituents is 1. The van der Waals surface area contributed by atoms with Crippen LogP contribution in [-0.4, -0.2) is 42.4 Å². The first-order valence-corrected chi connectivity index (χ1v) is 7.95. The SMILES string of the molecule is Nc1ccc(S(=O)(=O)N2CCC(CO)CC2)c([N+](=O)[O-])c1. The molecule has 3 N–H and O–H groups in total. The summed E-state index contributed by atoms with van der Waals surface area (Å²) < 4.78 is 26.3. The molecule has 0 unspecified atom stereocenters. The van der Waals surface area contributed by atoms with E-state index >= 15 is 0 Å². The maximum Gasteiger partial charge on any atom is 0.291 e. The molecule has 116 valence electrons. The molecule has 0 radical (unpaired) electrons. The summed E-state index contributed by atoms with van der Waals surface area (Å²) in [5.74, 6) is 0.0813. The van der Waals surface area contributed by atoms with Gasteiger partial charge in [0.15, 0.2) is 4.90 Å². The van der Waals surface area contributed by atoms with E-state index in [9.17, 15) is 18.5 Å². The van der Waals surface area contributed by atoms with Gasteiger partial charge in [-0.05, 0) is 30.9 Å². The van der Waals surface area contributed by atoms with E-state index in [4.69, 9.17) is 10.8 Å². The number of nitro groups is 1. The maximum absolute atomic E-state index is 12.5. The zero-order chi connectivity index (χ0) is 15.6. The largest absolute Gasteiger partial charge is 0.399 e. The van der Waals surface area contributed by atoms with Crippen LogP contribution in [0.5, 0.6) is 0 Å². The number of hydrogen-bond acceptors (Lipinski definition) is 6. The molecule has 1 aliphatic rings. The van der Waals surface area contributed by atoms with Crippen molar-refractivity contribution in [2.45, 2.75) is 17.7 Å². The highest BCUT2D eigenvalue weighted by molar-refractivity contribution is 7.89. The van der Waals surface area contributed by atoms with Gasteiger partial charge in [0.2, 0.25) is 10.0 Å². The summed E-state index contributed by atoms with van der Waals surface area (Å²) in [6.45, 7) is 0.514. The Morgan fingerprint density at radius 3 is 2.52 bits per heavy atom. The molecule has 0 amide bonds. The van der Waals surface area contributed by atoms with E-state index in [1.165, 1.54) is 16.4 Å². The summed E-state index contributed by atoms with van der Waals surface area (Å²) in [6.07, 6.45) is 1.08. The molecule has 0 saturated carbocycles. The standard InChI is InChI=1S/C12H17N3O5S/c13-10-1-2-12(11(7-10)15(17)18)21(19,20)14-5-3-9(8-16)4-6-14/h1-2,7,9,16H,3-6,8,13H2. The molecular formula is C12H17N3O5S. The molecule has 0 atom stereocenters. The molecule has 21 heavy (non-hydrogen) atoms. The molecule has 1 aliphatic heterocycles. The number of sulfonamides is 1. The molecule has 1 aromatic rings. The molecule has 8 nitrogen and oxygen atoms in total. The van der Waals surface area contributed by atoms with Crippen molar-refractivity contribution >= 4 is 21.4 Å². The number of piperidine rings is 1. The minimum absolute atomic E-state index is 0.0237. The number of aliphatic hydroxyl groups is 1. The fourth-order valence-corrected chi connectivity index (χ4v) is 3.97. The first-order valence-electron chi connectivity index (χ1n) is 6.51. The zero-order valence-corrected chi connectivity index (χ0v) is 12.1. The van der Waals surface area contributed by atoms with Gasteiger partial charge < -0.3 is 10.8 Å². The van der Waals surface area contributed by atoms with Gasteiger partial charge in [0, 0.05) is 31.5 Å². The molecule has 1 aromatic carbocycles. The fourth-order valence-electron chi connectivity index (χ4n) is 2.37. The number of rotatable bonds is 4. The van der Waals surface area contributed by atoms with Crippen LogP contribution in [-0.2, 0) is 10.0 Å². The molecular weight excluding hydrogens is 298 g/mol. The van der Waals surface area contributed by atoms with Crippen LogP contribution in [0.2, 0.25) is 0 Å². The van der Waals surface area contributed by atoms with Gasteiger partial charge in [-0.1, -0.05) is 0 Å². The van der Waals surface area contributed by atoms with Crippen LogP contribution in [0, 0.1) is 16.0 Å². The summed E-state index contributed by atoms with van der Waals surface area (Å²) in [5.41, 5.74) is 5.11. The number of nitrogens with two attached hydrogens (primary N) is 1. The van der Waals surface area contributed by atoms with E-state index < -0.39 is 20.6 Å². The van der Waals surface area contributed by atoms with Crippen LogP contribution >= 0.6 is 0 Å². The Bertz CT molecular complexity index is 638. The number of anilines is 1. The third-order valence-electron chi connectivity index (χ3n) is 3.63. The average molecular weight is 315 g/mol. The lowest BCUT2D eigenvalue weighted by Crippen LogP contribution is -2.39. The number of benzene rings is 1. The predicted octanol–water partition coefficient (Wildman–Crippen LogP) is 0.570. The topological polar surface area (TPSA) is 127 Å². The molecule has 0 aromatic heterocycles. The average Bonchev–Trinajstić information content (AvgIpc) is 2.47. The molecule has 1 saturated heterocycles. The minimum atomic E-state index is -3.93. The second-order valence-corrected chi connectivity index (χ2v) is 6.92. The van der Waals surface area contributed by atoms with Crippen molar-refractivity contribution in [2.75, 3.05) is 25.4 Å². The Labute approximate surface area is 122 Å². The number of hydrogen-bond donors (Lipinski definition) is 2. The number of nitrogens with zero attached hydrogens (tertiary/aromatic N) is 2. The molecule has 0 bridgehead atoms. The maximum atomic E-state index is 12.5. The van der Waals surface area contributed by atoms with E-state index in [0.29, 0.717) is 12.8 Å². The molecule has 1 fully saturated rings. The molecule has 0 aliphatic carbocycles. The van der Waals surface area contributed by atoms with Crippen LogP contribution in [0.1, 0.15) is 12.8 Å². The molecule has 0 spiro atoms. The van der Waals surface area contributed by atoms with Crippen LogP contribution in [0.3, 0.4) is 0 Å². The minimum Gasteiger partial charge on any atom is -0.399 e. The van der Waals surface area contributed by atoms with E-state index in [1.807, 2.05) is 0 Å². The van der Waals surface area contributed by atoms with Crippen LogP contribution < -0.4 is 5.73 Å². The quantitative estimate of drug-likeness (QED) is 0.475. The lowest BCUT2D eigenvalue weighted by molar-refractivity contribution is -0.387. The second-order valence-electron chi connectivity index (χ2n) is 5.01. The van der Waals surface area contributed by atoms with Gasteiger partial charge in [0.25, 0.3) is 5.69 Å². The van der Waals surface area contributed by atoms with Crippen LogP contribution in [0.15, 0.2) is 23.1 Å². The van der Waals surface area contributed by atoms with Gasteiger partial charge in [0.05, 0.1) is 4.92 Å². The normalized spacial score (nSPS) is 17.8. The fraction of sp³-hybridized carbons (Fsp3) is 0.500. The highest BCUT2D eigenvalue weighted by atomic mass is 32.2. The first kappa shape index (κ1) is 15.7. The van der Waals surface area contributed by atoms with Crippen molar-refractivity contribution in [3.05, 3.63) is 28.3 Å². The summed E-state index contributed by atoms with van der Waals surface area (Å²) in [7, 11) is -3.93. The van der Waals surface area contributed by atoms with E-state index in [2.05, 4.69) is 0 Å². The third kappa shape index (κ3) is 3.14. The number of nitrogen functional groups attached to an aromatic ring is 1. The van der Waals surface area contributed by atoms with Gasteiger partial charge >= 0.3 is 0 Å². The Balaban J connectivity index is 2.34. The van der Waals surface area contributed by atoms with Crippen molar-refractivity contribution in [3.8, 4) is 0 Å². The van der Waals surface area contributed by atoms with Crippen molar-refractivity contribution in [1.82, 2.24) is 4.31 Å². The Morgan fingerprint density at radius 2 is 2.00 bits per heavy atom. The van der Waals surface area contributed by atoms with E-state index in [0.717, 1.165) is 6.07 Å². The lowest BCUT2D eigenvalue weighted by Gasteiger charge is -2.30. The predicted molar refractivity (Wildman–Crippen MR) is 76.1 cm³/mol. The van der Waals surface area contributed by atoms with Crippen molar-refractivity contribution in [3.63, 3.8) is 0 Å². The van der Waals surface area contributed by atoms with Crippen molar-refractivity contribution < 1.29 is 18.4 Å². The smallest absolute Gasteiger partial charge is 0.291 e.